The van der Waals surface area contributed by atoms with E-state index in [0.717, 1.165) is 11.4 Å². The first-order valence-electron chi connectivity index (χ1n) is 6.60. The molecule has 0 saturated carbocycles. The van der Waals surface area contributed by atoms with E-state index in [0.29, 0.717) is 24.8 Å². The van der Waals surface area contributed by atoms with Crippen LogP contribution in [0.2, 0.25) is 0 Å². The molecule has 1 heterocycles. The van der Waals surface area contributed by atoms with E-state index in [1.165, 1.54) is 11.3 Å². The molecule has 0 aliphatic rings. The summed E-state index contributed by atoms with van der Waals surface area (Å²) in [4.78, 5) is 18.5. The molecule has 0 N–H and O–H groups in total. The maximum absolute atomic E-state index is 12.4. The number of rotatable bonds is 6. The Morgan fingerprint density at radius 3 is 2.70 bits per heavy atom. The van der Waals surface area contributed by atoms with E-state index in [4.69, 9.17) is 4.74 Å². The van der Waals surface area contributed by atoms with Gasteiger partial charge in [0.1, 0.15) is 0 Å². The third-order valence-electron chi connectivity index (χ3n) is 2.73. The normalized spacial score (nSPS) is 10.5. The smallest absolute Gasteiger partial charge is 0.235 e. The van der Waals surface area contributed by atoms with Crippen LogP contribution in [-0.4, -0.2) is 24.1 Å². The van der Waals surface area contributed by atoms with E-state index in [-0.39, 0.29) is 5.91 Å². The highest BCUT2D eigenvalue weighted by molar-refractivity contribution is 7.14. The van der Waals surface area contributed by atoms with Gasteiger partial charge in [-0.2, -0.15) is 0 Å². The number of benzene rings is 1. The van der Waals surface area contributed by atoms with Crippen molar-refractivity contribution in [3.05, 3.63) is 41.4 Å². The van der Waals surface area contributed by atoms with Crippen molar-refractivity contribution in [1.29, 1.82) is 0 Å². The molecular formula is C15H18N2O2S. The van der Waals surface area contributed by atoms with Crippen LogP contribution < -0.4 is 4.90 Å². The highest BCUT2D eigenvalue weighted by Crippen LogP contribution is 2.29. The molecule has 106 valence electrons. The molecule has 4 nitrogen and oxygen atoms in total. The van der Waals surface area contributed by atoms with Crippen LogP contribution in [0.25, 0.3) is 0 Å². The molecule has 0 atom stereocenters. The number of para-hydroxylation sites is 1. The Morgan fingerprint density at radius 1 is 1.35 bits per heavy atom. The minimum Gasteiger partial charge on any atom is -0.381 e. The predicted octanol–water partition coefficient (Wildman–Crippen LogP) is 3.54. The topological polar surface area (TPSA) is 42.4 Å². The van der Waals surface area contributed by atoms with Gasteiger partial charge in [-0.1, -0.05) is 18.2 Å². The first-order valence-corrected chi connectivity index (χ1v) is 7.48. The van der Waals surface area contributed by atoms with Gasteiger partial charge in [-0.25, -0.2) is 4.98 Å². The Balaban J connectivity index is 2.23. The molecule has 20 heavy (non-hydrogen) atoms. The van der Waals surface area contributed by atoms with Gasteiger partial charge < -0.3 is 4.74 Å². The first kappa shape index (κ1) is 14.7. The Bertz CT molecular complexity index is 554. The minimum atomic E-state index is -0.000926. The zero-order valence-electron chi connectivity index (χ0n) is 11.7. The average molecular weight is 290 g/mol. The maximum atomic E-state index is 12.4. The third-order valence-corrected chi connectivity index (χ3v) is 3.67. The van der Waals surface area contributed by atoms with E-state index in [2.05, 4.69) is 4.98 Å². The zero-order valence-corrected chi connectivity index (χ0v) is 12.5. The number of carbonyl (C=O) groups is 1. The number of anilines is 2. The average Bonchev–Trinajstić information content (AvgIpc) is 2.87. The lowest BCUT2D eigenvalue weighted by atomic mass is 10.2. The molecule has 0 fully saturated rings. The highest BCUT2D eigenvalue weighted by Gasteiger charge is 2.20. The standard InChI is InChI=1S/C15H18N2O2S/c1-3-19-10-9-14(18)17(13-7-5-4-6-8-13)15-16-12(2)11-20-15/h4-8,11H,3,9-10H2,1-2H3. The van der Waals surface area contributed by atoms with Crippen molar-refractivity contribution in [2.75, 3.05) is 18.1 Å². The summed E-state index contributed by atoms with van der Waals surface area (Å²) >= 11 is 1.47. The molecule has 0 saturated heterocycles. The molecule has 0 unspecified atom stereocenters. The number of nitrogens with zero attached hydrogens (tertiary/aromatic N) is 2. The number of ether oxygens (including phenoxy) is 1. The van der Waals surface area contributed by atoms with Crippen LogP contribution in [-0.2, 0) is 9.53 Å². The number of thiazole rings is 1. The van der Waals surface area contributed by atoms with Gasteiger partial charge in [0.25, 0.3) is 0 Å². The molecule has 0 aliphatic heterocycles. The van der Waals surface area contributed by atoms with Crippen LogP contribution in [0.3, 0.4) is 0 Å². The van der Waals surface area contributed by atoms with Gasteiger partial charge in [0.2, 0.25) is 5.91 Å². The van der Waals surface area contributed by atoms with Gasteiger partial charge in [-0.3, -0.25) is 9.69 Å². The Kier molecular flexibility index (Phi) is 5.26. The van der Waals surface area contributed by atoms with Crippen molar-refractivity contribution in [2.45, 2.75) is 20.3 Å². The summed E-state index contributed by atoms with van der Waals surface area (Å²) < 4.78 is 5.27. The van der Waals surface area contributed by atoms with Crippen LogP contribution >= 0.6 is 11.3 Å². The number of carbonyl (C=O) groups excluding carboxylic acids is 1. The van der Waals surface area contributed by atoms with Crippen LogP contribution in [0.1, 0.15) is 19.0 Å². The fourth-order valence-electron chi connectivity index (χ4n) is 1.80. The van der Waals surface area contributed by atoms with Gasteiger partial charge >= 0.3 is 0 Å². The zero-order chi connectivity index (χ0) is 14.4. The van der Waals surface area contributed by atoms with Gasteiger partial charge in [0.15, 0.2) is 5.13 Å². The lowest BCUT2D eigenvalue weighted by molar-refractivity contribution is -0.118. The van der Waals surface area contributed by atoms with Crippen molar-refractivity contribution >= 4 is 28.1 Å². The Hall–Kier alpha value is -1.72. The van der Waals surface area contributed by atoms with Crippen molar-refractivity contribution in [3.8, 4) is 0 Å². The summed E-state index contributed by atoms with van der Waals surface area (Å²) in [7, 11) is 0. The number of hydrogen-bond acceptors (Lipinski definition) is 4. The number of amides is 1. The van der Waals surface area contributed by atoms with Crippen molar-refractivity contribution < 1.29 is 9.53 Å². The second-order valence-electron chi connectivity index (χ2n) is 4.28. The largest absolute Gasteiger partial charge is 0.381 e. The SMILES string of the molecule is CCOCCC(=O)N(c1ccccc1)c1nc(C)cs1. The minimum absolute atomic E-state index is 0.000926. The summed E-state index contributed by atoms with van der Waals surface area (Å²) in [5, 5.41) is 2.65. The maximum Gasteiger partial charge on any atom is 0.235 e. The van der Waals surface area contributed by atoms with E-state index in [1.807, 2.05) is 49.6 Å². The Morgan fingerprint density at radius 2 is 2.10 bits per heavy atom. The molecule has 1 amide bonds. The lowest BCUT2D eigenvalue weighted by Gasteiger charge is -2.20. The van der Waals surface area contributed by atoms with Crippen LogP contribution in [0.5, 0.6) is 0 Å². The van der Waals surface area contributed by atoms with Gasteiger partial charge in [-0.05, 0) is 26.0 Å². The van der Waals surface area contributed by atoms with Crippen LogP contribution in [0.15, 0.2) is 35.7 Å². The van der Waals surface area contributed by atoms with Gasteiger partial charge in [-0.15, -0.1) is 11.3 Å². The first-order chi connectivity index (χ1) is 9.72. The van der Waals surface area contributed by atoms with E-state index in [9.17, 15) is 4.79 Å². The van der Waals surface area contributed by atoms with E-state index in [1.54, 1.807) is 4.90 Å². The summed E-state index contributed by atoms with van der Waals surface area (Å²) in [5.41, 5.74) is 1.76. The Labute approximate surface area is 123 Å². The van der Waals surface area contributed by atoms with E-state index >= 15 is 0 Å². The molecule has 5 heteroatoms. The van der Waals surface area contributed by atoms with E-state index < -0.39 is 0 Å². The third kappa shape index (κ3) is 3.65. The molecule has 0 spiro atoms. The highest BCUT2D eigenvalue weighted by atomic mass is 32.1. The quantitative estimate of drug-likeness (QED) is 0.764. The van der Waals surface area contributed by atoms with Crippen molar-refractivity contribution in [2.24, 2.45) is 0 Å². The molecule has 1 aromatic carbocycles. The van der Waals surface area contributed by atoms with Crippen LogP contribution in [0, 0.1) is 6.92 Å². The second kappa shape index (κ2) is 7.17. The second-order valence-corrected chi connectivity index (χ2v) is 5.12. The fraction of sp³-hybridized carbons (Fsp3) is 0.333. The molecule has 2 rings (SSSR count). The monoisotopic (exact) mass is 290 g/mol. The van der Waals surface area contributed by atoms with Crippen molar-refractivity contribution in [3.63, 3.8) is 0 Å². The van der Waals surface area contributed by atoms with Crippen molar-refractivity contribution in [1.82, 2.24) is 4.98 Å². The van der Waals surface area contributed by atoms with Crippen LogP contribution in [0.4, 0.5) is 10.8 Å². The summed E-state index contributed by atoms with van der Waals surface area (Å²) in [5.74, 6) is -0.000926. The molecule has 1 aromatic heterocycles. The number of hydrogen-bond donors (Lipinski definition) is 0. The molecule has 2 aromatic rings. The summed E-state index contributed by atoms with van der Waals surface area (Å²) in [6, 6.07) is 9.58. The summed E-state index contributed by atoms with van der Waals surface area (Å²) in [6.45, 7) is 4.90. The number of aryl methyl sites for hydroxylation is 1. The van der Waals surface area contributed by atoms with Gasteiger partial charge in [0.05, 0.1) is 24.4 Å². The fourth-order valence-corrected chi connectivity index (χ4v) is 2.64. The number of aromatic nitrogens is 1. The molecule has 0 bridgehead atoms. The predicted molar refractivity (Wildman–Crippen MR) is 81.5 cm³/mol. The lowest BCUT2D eigenvalue weighted by Crippen LogP contribution is -2.26. The molecular weight excluding hydrogens is 272 g/mol. The molecule has 0 aliphatic carbocycles. The molecule has 0 radical (unpaired) electrons. The van der Waals surface area contributed by atoms with Gasteiger partial charge in [0, 0.05) is 12.0 Å². The summed E-state index contributed by atoms with van der Waals surface area (Å²) in [6.07, 6.45) is 0.349.